The number of rotatable bonds is 14. The summed E-state index contributed by atoms with van der Waals surface area (Å²) in [6, 6.07) is 76.5. The lowest BCUT2D eigenvalue weighted by Gasteiger charge is -2.37. The number of esters is 1. The van der Waals surface area contributed by atoms with Gasteiger partial charge in [-0.2, -0.15) is 0 Å². The summed E-state index contributed by atoms with van der Waals surface area (Å²) in [7, 11) is 1.65. The van der Waals surface area contributed by atoms with Gasteiger partial charge in [-0.3, -0.25) is 4.79 Å². The Morgan fingerprint density at radius 2 is 0.771 bits per heavy atom. The molecule has 7 nitrogen and oxygen atoms in total. The number of nitrogens with zero attached hydrogens (tertiary/aromatic N) is 1. The molecule has 9 aromatic rings. The molecule has 0 heterocycles. The quantitative estimate of drug-likeness (QED) is 0.0354. The molecule has 0 aliphatic carbocycles. The molecule has 0 amide bonds. The summed E-state index contributed by atoms with van der Waals surface area (Å²) in [5.41, 5.74) is 12.7. The van der Waals surface area contributed by atoms with Crippen LogP contribution in [-0.4, -0.2) is 19.2 Å². The van der Waals surface area contributed by atoms with E-state index in [1.165, 1.54) is 18.1 Å². The average Bonchev–Trinajstić information content (AvgIpc) is 3.39. The van der Waals surface area contributed by atoms with Crippen LogP contribution in [0.3, 0.4) is 0 Å². The van der Waals surface area contributed by atoms with Crippen molar-refractivity contribution in [2.75, 3.05) is 12.0 Å². The number of carbonyl (C=O) groups excluding carboxylic acids is 2. The number of methoxy groups -OCH3 is 1. The molecule has 9 rings (SSSR count). The number of anilines is 3. The lowest BCUT2D eigenvalue weighted by Crippen LogP contribution is -2.31. The van der Waals surface area contributed by atoms with E-state index in [9.17, 15) is 9.59 Å². The molecular formula is C63H51NO6. The van der Waals surface area contributed by atoms with Gasteiger partial charge in [-0.25, -0.2) is 4.79 Å². The first-order valence-electron chi connectivity index (χ1n) is 23.1. The maximum absolute atomic E-state index is 13.4. The van der Waals surface area contributed by atoms with Crippen LogP contribution in [0.5, 0.6) is 23.0 Å². The zero-order valence-electron chi connectivity index (χ0n) is 39.4. The lowest BCUT2D eigenvalue weighted by molar-refractivity contribution is -0.131. The van der Waals surface area contributed by atoms with Crippen LogP contribution in [0.1, 0.15) is 57.0 Å². The highest BCUT2D eigenvalue weighted by Gasteiger charge is 2.38. The third kappa shape index (κ3) is 10.3. The molecule has 0 saturated carbocycles. The first kappa shape index (κ1) is 46.2. The average molecular weight is 918 g/mol. The van der Waals surface area contributed by atoms with Crippen molar-refractivity contribution in [1.82, 2.24) is 0 Å². The van der Waals surface area contributed by atoms with E-state index in [2.05, 4.69) is 122 Å². The van der Waals surface area contributed by atoms with E-state index in [0.29, 0.717) is 17.2 Å². The van der Waals surface area contributed by atoms with Gasteiger partial charge in [-0.05, 0) is 149 Å². The topological polar surface area (TPSA) is 74.3 Å². The van der Waals surface area contributed by atoms with Crippen LogP contribution in [0, 0.1) is 13.8 Å². The van der Waals surface area contributed by atoms with Crippen molar-refractivity contribution in [2.24, 2.45) is 0 Å². The van der Waals surface area contributed by atoms with Gasteiger partial charge in [0.1, 0.15) is 23.0 Å². The van der Waals surface area contributed by atoms with Crippen molar-refractivity contribution in [3.05, 3.63) is 281 Å². The Balaban J connectivity index is 0.962. The highest BCUT2D eigenvalue weighted by molar-refractivity contribution is 5.92. The number of benzene rings is 9. The minimum Gasteiger partial charge on any atom is -0.497 e. The predicted octanol–water partition coefficient (Wildman–Crippen LogP) is 15.3. The second-order valence-electron chi connectivity index (χ2n) is 17.0. The van der Waals surface area contributed by atoms with Crippen molar-refractivity contribution in [1.29, 1.82) is 0 Å². The molecule has 0 aliphatic rings. The molecule has 0 spiro atoms. The predicted molar refractivity (Wildman–Crippen MR) is 280 cm³/mol. The SMILES string of the molecule is COc1ccc(/C(=C\c2ccc(N(c3ccc(C)cc3)c3ccc(C)cc3)cc2)c2ccc(OC(=O)Oc3ccc(C(c4ccccc4)(c4ccccc4)c4ccc(OC(C)=O)cc4)cc3)cc2)cc1. The number of carbonyl (C=O) groups is 2. The summed E-state index contributed by atoms with van der Waals surface area (Å²) >= 11 is 0. The highest BCUT2D eigenvalue weighted by atomic mass is 16.7. The Bertz CT molecular complexity index is 3120. The van der Waals surface area contributed by atoms with Crippen LogP contribution in [0.15, 0.2) is 231 Å². The molecule has 0 aliphatic heterocycles. The molecule has 7 heteroatoms. The van der Waals surface area contributed by atoms with E-state index in [1.54, 1.807) is 43.5 Å². The summed E-state index contributed by atoms with van der Waals surface area (Å²) in [5.74, 6) is 1.49. The fraction of sp³-hybridized carbons (Fsp3) is 0.0794. The summed E-state index contributed by atoms with van der Waals surface area (Å²) in [6.45, 7) is 5.58. The number of hydrogen-bond acceptors (Lipinski definition) is 7. The fourth-order valence-electron chi connectivity index (χ4n) is 8.83. The monoisotopic (exact) mass is 917 g/mol. The molecule has 0 unspecified atom stereocenters. The Morgan fingerprint density at radius 1 is 0.414 bits per heavy atom. The van der Waals surface area contributed by atoms with Crippen LogP contribution >= 0.6 is 0 Å². The molecule has 0 atom stereocenters. The van der Waals surface area contributed by atoms with Gasteiger partial charge in [0.2, 0.25) is 0 Å². The maximum Gasteiger partial charge on any atom is 0.519 e. The Hall–Kier alpha value is -8.94. The molecule has 344 valence electrons. The van der Waals surface area contributed by atoms with Gasteiger partial charge >= 0.3 is 12.1 Å². The summed E-state index contributed by atoms with van der Waals surface area (Å²) in [6.07, 6.45) is 1.29. The van der Waals surface area contributed by atoms with Gasteiger partial charge in [0.25, 0.3) is 0 Å². The van der Waals surface area contributed by atoms with Crippen molar-refractivity contribution in [3.8, 4) is 23.0 Å². The zero-order valence-corrected chi connectivity index (χ0v) is 39.4. The number of hydrogen-bond donors (Lipinski definition) is 0. The van der Waals surface area contributed by atoms with Crippen LogP contribution in [-0.2, 0) is 10.2 Å². The smallest absolute Gasteiger partial charge is 0.497 e. The van der Waals surface area contributed by atoms with Crippen molar-refractivity contribution < 1.29 is 28.5 Å². The van der Waals surface area contributed by atoms with Gasteiger partial charge in [0.05, 0.1) is 12.5 Å². The first-order valence-corrected chi connectivity index (χ1v) is 23.1. The van der Waals surface area contributed by atoms with E-state index in [1.807, 2.05) is 97.1 Å². The van der Waals surface area contributed by atoms with E-state index in [-0.39, 0.29) is 5.97 Å². The lowest BCUT2D eigenvalue weighted by atomic mass is 9.65. The molecule has 0 fully saturated rings. The van der Waals surface area contributed by atoms with Gasteiger partial charge < -0.3 is 23.8 Å². The van der Waals surface area contributed by atoms with Crippen LogP contribution in [0.25, 0.3) is 11.6 Å². The molecule has 70 heavy (non-hydrogen) atoms. The number of ether oxygens (including phenoxy) is 4. The van der Waals surface area contributed by atoms with Gasteiger partial charge in [-0.15, -0.1) is 0 Å². The van der Waals surface area contributed by atoms with Gasteiger partial charge in [0, 0.05) is 24.0 Å². The molecule has 0 N–H and O–H groups in total. The summed E-state index contributed by atoms with van der Waals surface area (Å²) in [5, 5.41) is 0. The van der Waals surface area contributed by atoms with Crippen molar-refractivity contribution >= 4 is 40.8 Å². The first-order chi connectivity index (χ1) is 34.2. The molecule has 0 bridgehead atoms. The normalized spacial score (nSPS) is 11.3. The van der Waals surface area contributed by atoms with Crippen LogP contribution < -0.4 is 23.8 Å². The second-order valence-corrected chi connectivity index (χ2v) is 17.0. The third-order valence-electron chi connectivity index (χ3n) is 12.3. The minimum absolute atomic E-state index is 0.321. The third-order valence-corrected chi connectivity index (χ3v) is 12.3. The molecular weight excluding hydrogens is 867 g/mol. The largest absolute Gasteiger partial charge is 0.519 e. The van der Waals surface area contributed by atoms with Crippen molar-refractivity contribution in [2.45, 2.75) is 26.2 Å². The van der Waals surface area contributed by atoms with Gasteiger partial charge in [-0.1, -0.05) is 157 Å². The fourth-order valence-corrected chi connectivity index (χ4v) is 8.83. The Morgan fingerprint density at radius 3 is 1.17 bits per heavy atom. The van der Waals surface area contributed by atoms with Crippen LogP contribution in [0.2, 0.25) is 0 Å². The van der Waals surface area contributed by atoms with E-state index < -0.39 is 11.6 Å². The molecule has 0 radical (unpaired) electrons. The van der Waals surface area contributed by atoms with Crippen LogP contribution in [0.4, 0.5) is 21.9 Å². The Labute approximate surface area is 409 Å². The molecule has 0 aromatic heterocycles. The molecule has 9 aromatic carbocycles. The number of aryl methyl sites for hydroxylation is 2. The van der Waals surface area contributed by atoms with Gasteiger partial charge in [0.15, 0.2) is 0 Å². The van der Waals surface area contributed by atoms with E-state index in [0.717, 1.165) is 67.3 Å². The van der Waals surface area contributed by atoms with E-state index in [4.69, 9.17) is 18.9 Å². The van der Waals surface area contributed by atoms with E-state index >= 15 is 0 Å². The zero-order chi connectivity index (χ0) is 48.5. The molecule has 0 saturated heterocycles. The summed E-state index contributed by atoms with van der Waals surface area (Å²) < 4.78 is 22.4. The summed E-state index contributed by atoms with van der Waals surface area (Å²) in [4.78, 5) is 27.4. The maximum atomic E-state index is 13.4. The highest BCUT2D eigenvalue weighted by Crippen LogP contribution is 2.46. The van der Waals surface area contributed by atoms with Crippen molar-refractivity contribution in [3.63, 3.8) is 0 Å². The second kappa shape index (κ2) is 20.9. The Kier molecular flexibility index (Phi) is 13.8. The minimum atomic E-state index is -0.865. The standard InChI is InChI=1S/C63H51NO6/c1-44-15-29-54(30-16-44)64(55-31-17-45(2)18-32-55)56-33-19-47(20-34-56)43-61(48-21-35-57(67-4)36-22-48)49-23-37-59(38-24-49)69-62(66)70-60-41-27-53(28-42-60)63(50-11-7-5-8-12-50,51-13-9-6-10-14-51)52-25-39-58(40-26-52)68-46(3)65/h5-43H,1-4H3/b61-43+.